The summed E-state index contributed by atoms with van der Waals surface area (Å²) in [5.41, 5.74) is 0.716. The van der Waals surface area contributed by atoms with E-state index in [2.05, 4.69) is 0 Å². The van der Waals surface area contributed by atoms with Gasteiger partial charge in [0.2, 0.25) is 0 Å². The Morgan fingerprint density at radius 1 is 0.967 bits per heavy atom. The van der Waals surface area contributed by atoms with Crippen LogP contribution < -0.4 is 0 Å². The molecule has 0 saturated carbocycles. The lowest BCUT2D eigenvalue weighted by molar-refractivity contribution is -0.143. The number of esters is 1. The smallest absolute Gasteiger partial charge is 0.336 e. The molecule has 2 aromatic rings. The summed E-state index contributed by atoms with van der Waals surface area (Å²) in [6.45, 7) is 2.35. The van der Waals surface area contributed by atoms with Gasteiger partial charge in [0, 0.05) is 6.54 Å². The number of carbonyl (C=O) groups is 3. The van der Waals surface area contributed by atoms with E-state index in [1.165, 1.54) is 4.90 Å². The van der Waals surface area contributed by atoms with Crippen molar-refractivity contribution < 1.29 is 19.1 Å². The molecule has 2 aromatic carbocycles. The normalized spacial score (nSPS) is 20.8. The van der Waals surface area contributed by atoms with Crippen LogP contribution >= 0.6 is 0 Å². The van der Waals surface area contributed by atoms with Gasteiger partial charge < -0.3 is 9.64 Å². The predicted octanol–water partition coefficient (Wildman–Crippen LogP) is 3.67. The van der Waals surface area contributed by atoms with Gasteiger partial charge in [-0.2, -0.15) is 0 Å². The van der Waals surface area contributed by atoms with Gasteiger partial charge in [0.25, 0.3) is 5.91 Å². The number of nitrogens with zero attached hydrogens (tertiary/aromatic N) is 2. The van der Waals surface area contributed by atoms with E-state index in [0.29, 0.717) is 12.8 Å². The van der Waals surface area contributed by atoms with Gasteiger partial charge in [-0.1, -0.05) is 66.7 Å². The van der Waals surface area contributed by atoms with Crippen molar-refractivity contribution in [2.45, 2.75) is 38.4 Å². The SMILES string of the molecule is CCOC(=O)C1=CCCC12C(=O)N(Cc1ccccc1)C(=O)N2Cc1ccccc1. The molecule has 154 valence electrons. The summed E-state index contributed by atoms with van der Waals surface area (Å²) < 4.78 is 5.23. The molecule has 1 fully saturated rings. The number of hydrogen-bond donors (Lipinski definition) is 0. The van der Waals surface area contributed by atoms with Gasteiger partial charge in [0.05, 0.1) is 18.7 Å². The highest BCUT2D eigenvalue weighted by Crippen LogP contribution is 2.44. The van der Waals surface area contributed by atoms with Crippen LogP contribution in [0.15, 0.2) is 72.3 Å². The molecule has 0 N–H and O–H groups in total. The summed E-state index contributed by atoms with van der Waals surface area (Å²) in [5.74, 6) is -0.889. The van der Waals surface area contributed by atoms with Gasteiger partial charge in [-0.15, -0.1) is 0 Å². The van der Waals surface area contributed by atoms with Crippen molar-refractivity contribution in [3.05, 3.63) is 83.4 Å². The lowest BCUT2D eigenvalue weighted by Crippen LogP contribution is -2.51. The number of ether oxygens (including phenoxy) is 1. The van der Waals surface area contributed by atoms with Gasteiger partial charge in [0.1, 0.15) is 0 Å². The Hall–Kier alpha value is -3.41. The van der Waals surface area contributed by atoms with Gasteiger partial charge >= 0.3 is 12.0 Å². The Kier molecular flexibility index (Phi) is 5.40. The maximum atomic E-state index is 13.7. The quantitative estimate of drug-likeness (QED) is 0.544. The highest BCUT2D eigenvalue weighted by atomic mass is 16.5. The van der Waals surface area contributed by atoms with Crippen molar-refractivity contribution in [3.63, 3.8) is 0 Å². The van der Waals surface area contributed by atoms with E-state index in [1.807, 2.05) is 60.7 Å². The van der Waals surface area contributed by atoms with Crippen molar-refractivity contribution in [2.24, 2.45) is 0 Å². The molecule has 0 aromatic heterocycles. The summed E-state index contributed by atoms with van der Waals surface area (Å²) in [6, 6.07) is 18.5. The Balaban J connectivity index is 1.74. The number of amides is 3. The van der Waals surface area contributed by atoms with Crippen LogP contribution in [0.1, 0.15) is 30.9 Å². The minimum Gasteiger partial charge on any atom is -0.463 e. The Morgan fingerprint density at radius 2 is 1.57 bits per heavy atom. The molecule has 4 rings (SSSR count). The van der Waals surface area contributed by atoms with Gasteiger partial charge in [0.15, 0.2) is 5.54 Å². The molecular weight excluding hydrogens is 380 g/mol. The molecule has 1 atom stereocenters. The number of hydrogen-bond acceptors (Lipinski definition) is 4. The molecule has 2 aliphatic rings. The molecular formula is C24H24N2O4. The first-order chi connectivity index (χ1) is 14.6. The maximum Gasteiger partial charge on any atom is 0.336 e. The van der Waals surface area contributed by atoms with Gasteiger partial charge in [-0.25, -0.2) is 9.59 Å². The fraction of sp³-hybridized carbons (Fsp3) is 0.292. The second kappa shape index (κ2) is 8.14. The molecule has 30 heavy (non-hydrogen) atoms. The van der Waals surface area contributed by atoms with E-state index in [4.69, 9.17) is 4.74 Å². The Bertz CT molecular complexity index is 987. The summed E-state index contributed by atoms with van der Waals surface area (Å²) >= 11 is 0. The van der Waals surface area contributed by atoms with Crippen LogP contribution in [0.5, 0.6) is 0 Å². The standard InChI is InChI=1S/C24H24N2O4/c1-2-30-21(27)20-14-9-15-24(20)22(28)25(16-18-10-5-3-6-11-18)23(29)26(24)17-19-12-7-4-8-13-19/h3-8,10-14H,2,9,15-17H2,1H3. The number of carbonyl (C=O) groups excluding carboxylic acids is 3. The third-order valence-corrected chi connectivity index (χ3v) is 5.68. The van der Waals surface area contributed by atoms with Crippen molar-refractivity contribution in [1.82, 2.24) is 9.80 Å². The topological polar surface area (TPSA) is 66.9 Å². The van der Waals surface area contributed by atoms with E-state index < -0.39 is 11.5 Å². The number of urea groups is 1. The third kappa shape index (κ3) is 3.28. The van der Waals surface area contributed by atoms with E-state index in [-0.39, 0.29) is 37.2 Å². The summed E-state index contributed by atoms with van der Waals surface area (Å²) in [7, 11) is 0. The van der Waals surface area contributed by atoms with Crippen LogP contribution in [0, 0.1) is 0 Å². The van der Waals surface area contributed by atoms with Crippen LogP contribution in [0.2, 0.25) is 0 Å². The molecule has 6 heteroatoms. The fourth-order valence-electron chi connectivity index (χ4n) is 4.30. The van der Waals surface area contributed by atoms with E-state index in [9.17, 15) is 14.4 Å². The molecule has 3 amide bonds. The van der Waals surface area contributed by atoms with E-state index in [1.54, 1.807) is 17.9 Å². The predicted molar refractivity (Wildman–Crippen MR) is 111 cm³/mol. The third-order valence-electron chi connectivity index (χ3n) is 5.68. The molecule has 1 heterocycles. The zero-order chi connectivity index (χ0) is 21.1. The monoisotopic (exact) mass is 404 g/mol. The average Bonchev–Trinajstić information content (AvgIpc) is 3.29. The molecule has 6 nitrogen and oxygen atoms in total. The first-order valence-corrected chi connectivity index (χ1v) is 10.2. The molecule has 0 radical (unpaired) electrons. The Labute approximate surface area is 175 Å². The summed E-state index contributed by atoms with van der Waals surface area (Å²) in [6.07, 6.45) is 2.66. The minimum atomic E-state index is -1.31. The van der Waals surface area contributed by atoms with Crippen molar-refractivity contribution in [3.8, 4) is 0 Å². The molecule has 1 aliphatic heterocycles. The van der Waals surface area contributed by atoms with Crippen LogP contribution in [0.25, 0.3) is 0 Å². The number of benzene rings is 2. The summed E-state index contributed by atoms with van der Waals surface area (Å²) in [4.78, 5) is 42.7. The highest BCUT2D eigenvalue weighted by Gasteiger charge is 2.62. The Morgan fingerprint density at radius 3 is 2.17 bits per heavy atom. The zero-order valence-corrected chi connectivity index (χ0v) is 16.9. The van der Waals surface area contributed by atoms with Crippen LogP contribution in [-0.4, -0.2) is 39.9 Å². The summed E-state index contributed by atoms with van der Waals surface area (Å²) in [5, 5.41) is 0. The molecule has 0 bridgehead atoms. The van der Waals surface area contributed by atoms with Crippen LogP contribution in [0.3, 0.4) is 0 Å². The second-order valence-electron chi connectivity index (χ2n) is 7.47. The number of imide groups is 1. The average molecular weight is 404 g/mol. The number of allylic oxidation sites excluding steroid dienone is 1. The molecule has 1 aliphatic carbocycles. The highest BCUT2D eigenvalue weighted by molar-refractivity contribution is 6.14. The fourth-order valence-corrected chi connectivity index (χ4v) is 4.30. The van der Waals surface area contributed by atoms with Crippen molar-refractivity contribution in [2.75, 3.05) is 6.61 Å². The molecule has 1 saturated heterocycles. The first-order valence-electron chi connectivity index (χ1n) is 10.2. The van der Waals surface area contributed by atoms with Crippen LogP contribution in [-0.2, 0) is 27.4 Å². The van der Waals surface area contributed by atoms with Gasteiger partial charge in [-0.3, -0.25) is 9.69 Å². The minimum absolute atomic E-state index is 0.168. The molecule has 1 spiro atoms. The van der Waals surface area contributed by atoms with Crippen molar-refractivity contribution in [1.29, 1.82) is 0 Å². The second-order valence-corrected chi connectivity index (χ2v) is 7.47. The lowest BCUT2D eigenvalue weighted by Gasteiger charge is -2.33. The first kappa shape index (κ1) is 19.9. The van der Waals surface area contributed by atoms with E-state index in [0.717, 1.165) is 11.1 Å². The lowest BCUT2D eigenvalue weighted by atomic mass is 9.88. The zero-order valence-electron chi connectivity index (χ0n) is 16.9. The van der Waals surface area contributed by atoms with Gasteiger partial charge in [-0.05, 0) is 30.9 Å². The maximum absolute atomic E-state index is 13.7. The number of rotatable bonds is 6. The van der Waals surface area contributed by atoms with Crippen molar-refractivity contribution >= 4 is 17.9 Å². The largest absolute Gasteiger partial charge is 0.463 e. The van der Waals surface area contributed by atoms with E-state index >= 15 is 0 Å². The van der Waals surface area contributed by atoms with Crippen LogP contribution in [0.4, 0.5) is 4.79 Å². The molecule has 1 unspecified atom stereocenters.